The lowest BCUT2D eigenvalue weighted by molar-refractivity contribution is -0.199. The Labute approximate surface area is 391 Å². The fourth-order valence-electron chi connectivity index (χ4n) is 9.24. The standard InChI is InChI=1S/C47H56F3N9O7S/c1-9-12-37(60)57-20-17-29(24-57)43(62)56(7)39(26(2)3)42(61)52-34-22-36-53-41(55-67-36)28-15-16-35-31(21-28)32(23-46(5,6)25-66-45(64)33-14-11-19-58(54-33)44(34)63)40(59(35)47(48,49)50)30-13-10-18-51-38(30)27(4)65-8/h10,13,15-16,18,21,26-27,29,33-34,39,54H,11,14,17,19-20,22-25H2,1-8H3,(H,52,61)/t27-,29-,33-,34-,39-/m0/s1. The average Bonchev–Trinajstić information content (AvgIpc) is 4.05. The predicted octanol–water partition coefficient (Wildman–Crippen LogP) is 5.41. The highest BCUT2D eigenvalue weighted by Crippen LogP contribution is 2.45. The first-order chi connectivity index (χ1) is 31.7. The average molecular weight is 948 g/mol. The van der Waals surface area contributed by atoms with Gasteiger partial charge >= 0.3 is 12.3 Å². The third kappa shape index (κ3) is 10.3. The number of fused-ring (bicyclic) bond motifs is 6. The number of hydrogen-bond donors (Lipinski definition) is 2. The van der Waals surface area contributed by atoms with Gasteiger partial charge in [-0.3, -0.25) is 38.5 Å². The van der Waals surface area contributed by atoms with Crippen LogP contribution in [0.2, 0.25) is 0 Å². The number of alkyl halides is 3. The summed E-state index contributed by atoms with van der Waals surface area (Å²) in [5.74, 6) is 1.81. The number of cyclic esters (lactones) is 1. The van der Waals surface area contributed by atoms with Crippen LogP contribution in [0.4, 0.5) is 13.2 Å². The molecular formula is C47H56F3N9O7S. The number of pyridine rings is 1. The van der Waals surface area contributed by atoms with E-state index in [1.165, 1.54) is 47.3 Å². The summed E-state index contributed by atoms with van der Waals surface area (Å²) in [7, 11) is 2.98. The number of aromatic nitrogens is 4. The Morgan fingerprint density at radius 3 is 2.58 bits per heavy atom. The van der Waals surface area contributed by atoms with E-state index in [1.807, 2.05) is 0 Å². The van der Waals surface area contributed by atoms with Crippen LogP contribution in [0.1, 0.15) is 83.2 Å². The minimum absolute atomic E-state index is 0.0409. The quantitative estimate of drug-likeness (QED) is 0.170. The summed E-state index contributed by atoms with van der Waals surface area (Å²) in [6.45, 7) is 11.0. The zero-order valence-corrected chi connectivity index (χ0v) is 39.6. The van der Waals surface area contributed by atoms with Crippen molar-refractivity contribution < 1.29 is 46.6 Å². The number of nitrogens with zero attached hydrogens (tertiary/aromatic N) is 7. The number of amides is 4. The van der Waals surface area contributed by atoms with Gasteiger partial charge in [0.15, 0.2) is 5.82 Å². The molecule has 0 unspecified atom stereocenters. The number of methoxy groups -OCH3 is 1. The molecule has 4 amide bonds. The van der Waals surface area contributed by atoms with Gasteiger partial charge in [-0.25, -0.2) is 10.4 Å². The van der Waals surface area contributed by atoms with Gasteiger partial charge in [-0.05, 0) is 98.8 Å². The summed E-state index contributed by atoms with van der Waals surface area (Å²) < 4.78 is 62.9. The van der Waals surface area contributed by atoms with E-state index >= 15 is 13.2 Å². The van der Waals surface area contributed by atoms with Crippen molar-refractivity contribution in [2.45, 2.75) is 104 Å². The first-order valence-electron chi connectivity index (χ1n) is 22.3. The fourth-order valence-corrected chi connectivity index (χ4v) is 9.95. The molecular weight excluding hydrogens is 892 g/mol. The van der Waals surface area contributed by atoms with Crippen molar-refractivity contribution in [3.05, 3.63) is 52.8 Å². The maximum absolute atomic E-state index is 15.5. The molecule has 6 heterocycles. The lowest BCUT2D eigenvalue weighted by Gasteiger charge is -2.36. The molecule has 0 saturated carbocycles. The Balaban J connectivity index is 1.29. The van der Waals surface area contributed by atoms with Gasteiger partial charge in [0.1, 0.15) is 23.1 Å². The van der Waals surface area contributed by atoms with E-state index < -0.39 is 65.6 Å². The van der Waals surface area contributed by atoms with E-state index in [0.717, 1.165) is 11.5 Å². The zero-order chi connectivity index (χ0) is 48.5. The van der Waals surface area contributed by atoms with Gasteiger partial charge in [-0.1, -0.05) is 33.6 Å². The Hall–Kier alpha value is -5.91. The number of ether oxygens (including phenoxy) is 2. The van der Waals surface area contributed by atoms with Crippen LogP contribution in [0.15, 0.2) is 36.5 Å². The second-order valence-electron chi connectivity index (χ2n) is 18.5. The minimum Gasteiger partial charge on any atom is -0.464 e. The lowest BCUT2D eigenvalue weighted by Crippen LogP contribution is -2.62. The van der Waals surface area contributed by atoms with Crippen LogP contribution in [0.5, 0.6) is 0 Å². The maximum Gasteiger partial charge on any atom is 0.489 e. The Kier molecular flexibility index (Phi) is 14.4. The SMILES string of the molecule is CC#CC(=O)N1CC[C@H](C(=O)N(C)[C@H](C(=O)N[C@H]2Cc3nc(ns3)-c3ccc4c(c3)c(c(-c3cccnc3[C@H](C)OC)n4C(F)(F)F)CC(C)(C)COC(=O)[C@@H]3CCCN(N3)C2=O)C(C)C)C1. The highest BCUT2D eigenvalue weighted by Gasteiger charge is 2.42. The second kappa shape index (κ2) is 19.7. The van der Waals surface area contributed by atoms with Crippen LogP contribution < -0.4 is 10.7 Å². The summed E-state index contributed by atoms with van der Waals surface area (Å²) in [5, 5.41) is 4.79. The molecule has 0 aliphatic carbocycles. The monoisotopic (exact) mass is 947 g/mol. The first kappa shape index (κ1) is 49.0. The van der Waals surface area contributed by atoms with Crippen LogP contribution in [0, 0.1) is 29.1 Å². The van der Waals surface area contributed by atoms with Crippen LogP contribution >= 0.6 is 11.5 Å². The molecule has 0 spiro atoms. The summed E-state index contributed by atoms with van der Waals surface area (Å²) >= 11 is 0.973. The summed E-state index contributed by atoms with van der Waals surface area (Å²) in [6.07, 6.45) is -3.00. The van der Waals surface area contributed by atoms with Crippen molar-refractivity contribution in [1.82, 2.24) is 44.5 Å². The number of nitrogens with one attached hydrogen (secondary N) is 2. The van der Waals surface area contributed by atoms with Gasteiger partial charge in [0.2, 0.25) is 11.8 Å². The Morgan fingerprint density at radius 2 is 1.88 bits per heavy atom. The summed E-state index contributed by atoms with van der Waals surface area (Å²) in [4.78, 5) is 81.2. The van der Waals surface area contributed by atoms with Crippen molar-refractivity contribution in [2.75, 3.05) is 40.4 Å². The van der Waals surface area contributed by atoms with Gasteiger partial charge in [0.25, 0.3) is 11.8 Å². The van der Waals surface area contributed by atoms with Gasteiger partial charge < -0.3 is 24.6 Å². The van der Waals surface area contributed by atoms with Crippen molar-refractivity contribution >= 4 is 52.0 Å². The first-order valence-corrected chi connectivity index (χ1v) is 23.1. The van der Waals surface area contributed by atoms with E-state index in [-0.39, 0.29) is 72.3 Å². The van der Waals surface area contributed by atoms with E-state index in [9.17, 15) is 24.0 Å². The van der Waals surface area contributed by atoms with E-state index in [0.29, 0.717) is 52.2 Å². The second-order valence-corrected chi connectivity index (χ2v) is 19.3. The van der Waals surface area contributed by atoms with Crippen molar-refractivity contribution in [2.24, 2.45) is 17.3 Å². The number of rotatable bonds is 8. The largest absolute Gasteiger partial charge is 0.489 e. The van der Waals surface area contributed by atoms with E-state index in [1.54, 1.807) is 59.7 Å². The summed E-state index contributed by atoms with van der Waals surface area (Å²) in [5.41, 5.74) is 3.13. The molecule has 0 radical (unpaired) electrons. The molecule has 2 saturated heterocycles. The maximum atomic E-state index is 15.5. The van der Waals surface area contributed by atoms with Crippen molar-refractivity contribution in [3.63, 3.8) is 0 Å². The smallest absolute Gasteiger partial charge is 0.464 e. The minimum atomic E-state index is -4.88. The molecule has 67 heavy (non-hydrogen) atoms. The lowest BCUT2D eigenvalue weighted by atomic mass is 9.84. The molecule has 2 N–H and O–H groups in total. The van der Waals surface area contributed by atoms with Crippen LogP contribution in [0.3, 0.4) is 0 Å². The van der Waals surface area contributed by atoms with Gasteiger partial charge in [-0.2, -0.15) is 4.37 Å². The normalized spacial score (nSPS) is 21.0. The number of likely N-dealkylation sites (tertiary alicyclic amines) is 1. The number of carbonyl (C=O) groups excluding carboxylic acids is 5. The fraction of sp³-hybridized carbons (Fsp3) is 0.532. The van der Waals surface area contributed by atoms with Crippen molar-refractivity contribution in [1.29, 1.82) is 0 Å². The highest BCUT2D eigenvalue weighted by molar-refractivity contribution is 7.05. The number of benzene rings is 1. The molecule has 2 fully saturated rings. The number of likely N-dealkylation sites (N-methyl/N-ethyl adjacent to an activating group) is 1. The molecule has 358 valence electrons. The van der Waals surface area contributed by atoms with Crippen LogP contribution in [-0.4, -0.2) is 122 Å². The number of carbonyl (C=O) groups is 5. The van der Waals surface area contributed by atoms with E-state index in [2.05, 4.69) is 31.9 Å². The van der Waals surface area contributed by atoms with Crippen LogP contribution in [-0.2, 0) is 52.6 Å². The number of halogens is 3. The molecule has 5 atom stereocenters. The van der Waals surface area contributed by atoms with Gasteiger partial charge in [0, 0.05) is 68.3 Å². The topological polar surface area (TPSA) is 181 Å². The molecule has 4 aromatic rings. The molecule has 3 aromatic heterocycles. The Morgan fingerprint density at radius 1 is 1.12 bits per heavy atom. The molecule has 3 aliphatic heterocycles. The molecule has 16 nitrogen and oxygen atoms in total. The van der Waals surface area contributed by atoms with Crippen LogP contribution in [0.25, 0.3) is 33.5 Å². The third-order valence-electron chi connectivity index (χ3n) is 12.6. The number of hydrogen-bond acceptors (Lipinski definition) is 12. The molecule has 1 aromatic carbocycles. The van der Waals surface area contributed by atoms with Crippen molar-refractivity contribution in [3.8, 4) is 34.5 Å². The molecule has 7 rings (SSSR count). The molecule has 6 bridgehead atoms. The van der Waals surface area contributed by atoms with E-state index in [4.69, 9.17) is 14.5 Å². The van der Waals surface area contributed by atoms with Gasteiger partial charge in [0.05, 0.1) is 35.5 Å². The molecule has 3 aliphatic rings. The third-order valence-corrected chi connectivity index (χ3v) is 13.3. The summed E-state index contributed by atoms with van der Waals surface area (Å²) in [6, 6.07) is 4.44. The molecule has 20 heteroatoms. The number of hydrazine groups is 1. The van der Waals surface area contributed by atoms with Gasteiger partial charge in [-0.15, -0.1) is 13.2 Å². The zero-order valence-electron chi connectivity index (χ0n) is 38.8. The Bertz CT molecular complexity index is 2620. The highest BCUT2D eigenvalue weighted by atomic mass is 32.1. The predicted molar refractivity (Wildman–Crippen MR) is 242 cm³/mol. The number of esters is 1.